The second-order valence-electron chi connectivity index (χ2n) is 1.17. The van der Waals surface area contributed by atoms with Gasteiger partial charge in [0.25, 0.3) is 0 Å². The summed E-state index contributed by atoms with van der Waals surface area (Å²) in [6.45, 7) is 7.77. The first-order chi connectivity index (χ1) is 3.72. The van der Waals surface area contributed by atoms with Gasteiger partial charge in [-0.1, -0.05) is 0 Å². The molecule has 0 saturated carbocycles. The van der Waals surface area contributed by atoms with E-state index in [0.717, 1.165) is 0 Å². The van der Waals surface area contributed by atoms with E-state index in [1.807, 2.05) is 0 Å². The van der Waals surface area contributed by atoms with Gasteiger partial charge in [0.1, 0.15) is 0 Å². The van der Waals surface area contributed by atoms with Crippen LogP contribution in [0.2, 0.25) is 0 Å². The van der Waals surface area contributed by atoms with E-state index in [2.05, 4.69) is 20.9 Å². The Morgan fingerprint density at radius 3 is 2.22 bits per heavy atom. The molecule has 2 radical (unpaired) electrons. The summed E-state index contributed by atoms with van der Waals surface area (Å²) in [4.78, 5) is 14.6. The molecule has 0 spiro atoms. The Morgan fingerprint density at radius 2 is 2.22 bits per heavy atom. The van der Waals surface area contributed by atoms with E-state index >= 15 is 0 Å². The molecule has 0 atom stereocenters. The summed E-state index contributed by atoms with van der Waals surface area (Å²) in [5, 5.41) is 0. The second kappa shape index (κ2) is 6.28. The van der Waals surface area contributed by atoms with Gasteiger partial charge in [0.15, 0.2) is 0 Å². The SMILES string of the molecule is [Au].[C-]#[N+]/C(=C/[Se])C(C)=O. The summed E-state index contributed by atoms with van der Waals surface area (Å²) in [6.07, 6.45) is 0. The minimum absolute atomic E-state index is 0. The van der Waals surface area contributed by atoms with Gasteiger partial charge in [-0.05, 0) is 0 Å². The van der Waals surface area contributed by atoms with Gasteiger partial charge >= 0.3 is 55.6 Å². The van der Waals surface area contributed by atoms with Crippen LogP contribution in [-0.4, -0.2) is 21.8 Å². The molecule has 0 amide bonds. The molecule has 0 aliphatic carbocycles. The molecule has 9 heavy (non-hydrogen) atoms. The Morgan fingerprint density at radius 1 is 1.78 bits per heavy atom. The molecule has 0 N–H and O–H groups in total. The van der Waals surface area contributed by atoms with E-state index in [9.17, 15) is 4.79 Å². The van der Waals surface area contributed by atoms with E-state index < -0.39 is 0 Å². The van der Waals surface area contributed by atoms with Crippen molar-refractivity contribution in [3.63, 3.8) is 0 Å². The van der Waals surface area contributed by atoms with Crippen molar-refractivity contribution < 1.29 is 27.2 Å². The summed E-state index contributed by atoms with van der Waals surface area (Å²) in [5.74, 6) is -0.196. The normalized spacial score (nSPS) is 9.11. The fourth-order valence-electron chi connectivity index (χ4n) is 0.188. The summed E-state index contributed by atoms with van der Waals surface area (Å²) in [6, 6.07) is 0. The number of hydrogen-bond donors (Lipinski definition) is 0. The Hall–Kier alpha value is 0.160. The van der Waals surface area contributed by atoms with Crippen LogP contribution in [0.5, 0.6) is 0 Å². The van der Waals surface area contributed by atoms with Gasteiger partial charge < -0.3 is 0 Å². The average Bonchev–Trinajstić information content (AvgIpc) is 1.69. The van der Waals surface area contributed by atoms with Crippen LogP contribution in [0.1, 0.15) is 6.92 Å². The molecular formula is C5H4AuNOSe. The standard InChI is InChI=1S/C5H4NOSe.Au/c1-4(7)5(3-8)6-2;/h3H,1H3;/b5-3+;. The predicted octanol–water partition coefficient (Wildman–Crippen LogP) is 0.502. The van der Waals surface area contributed by atoms with Gasteiger partial charge in [0.05, 0.1) is 0 Å². The van der Waals surface area contributed by atoms with Crippen molar-refractivity contribution in [1.29, 1.82) is 0 Å². The molecule has 4 heteroatoms. The molecular weight excluding hydrogens is 366 g/mol. The maximum absolute atomic E-state index is 10.3. The van der Waals surface area contributed by atoms with Crippen molar-refractivity contribution >= 4 is 21.8 Å². The van der Waals surface area contributed by atoms with Crippen molar-refractivity contribution in [2.24, 2.45) is 0 Å². The third kappa shape index (κ3) is 4.65. The Balaban J connectivity index is 0. The molecule has 0 unspecified atom stereocenters. The van der Waals surface area contributed by atoms with E-state index in [-0.39, 0.29) is 33.9 Å². The first kappa shape index (κ1) is 11.9. The molecule has 0 aromatic rings. The molecule has 0 aliphatic rings. The Labute approximate surface area is 77.8 Å². The van der Waals surface area contributed by atoms with E-state index in [1.165, 1.54) is 11.9 Å². The first-order valence-electron chi connectivity index (χ1n) is 1.93. The fourth-order valence-corrected chi connectivity index (χ4v) is 0.647. The van der Waals surface area contributed by atoms with Gasteiger partial charge in [0.2, 0.25) is 0 Å². The Bertz CT molecular complexity index is 170. The van der Waals surface area contributed by atoms with Gasteiger partial charge in [0, 0.05) is 22.4 Å². The quantitative estimate of drug-likeness (QED) is 0.375. The van der Waals surface area contributed by atoms with Crippen LogP contribution in [0.3, 0.4) is 0 Å². The zero-order valence-corrected chi connectivity index (χ0v) is 8.52. The number of ketones is 1. The molecule has 52 valence electrons. The zero-order chi connectivity index (χ0) is 6.57. The van der Waals surface area contributed by atoms with E-state index in [1.54, 1.807) is 0 Å². The average molecular weight is 370 g/mol. The van der Waals surface area contributed by atoms with Crippen molar-refractivity contribution in [2.45, 2.75) is 6.92 Å². The maximum atomic E-state index is 10.3. The van der Waals surface area contributed by atoms with Crippen LogP contribution < -0.4 is 0 Å². The summed E-state index contributed by atoms with van der Waals surface area (Å²) < 4.78 is 0. The van der Waals surface area contributed by atoms with Crippen LogP contribution in [0.25, 0.3) is 4.85 Å². The van der Waals surface area contributed by atoms with Gasteiger partial charge in [-0.25, -0.2) is 0 Å². The summed E-state index contributed by atoms with van der Waals surface area (Å²) >= 11 is 2.48. The van der Waals surface area contributed by atoms with Crippen molar-refractivity contribution in [3.05, 3.63) is 22.1 Å². The summed E-state index contributed by atoms with van der Waals surface area (Å²) in [5.41, 5.74) is 0.157. The first-order valence-corrected chi connectivity index (χ1v) is 2.91. The van der Waals surface area contributed by atoms with E-state index in [4.69, 9.17) is 6.57 Å². The van der Waals surface area contributed by atoms with Crippen LogP contribution >= 0.6 is 0 Å². The van der Waals surface area contributed by atoms with Crippen LogP contribution in [0, 0.1) is 6.57 Å². The van der Waals surface area contributed by atoms with Crippen LogP contribution in [0.15, 0.2) is 10.7 Å². The molecule has 0 bridgehead atoms. The predicted molar refractivity (Wildman–Crippen MR) is 31.1 cm³/mol. The van der Waals surface area contributed by atoms with Gasteiger partial charge in [-0.15, -0.1) is 0 Å². The fraction of sp³-hybridized carbons (Fsp3) is 0.200. The number of nitrogens with zero attached hydrogens (tertiary/aromatic N) is 1. The zero-order valence-electron chi connectivity index (χ0n) is 4.64. The third-order valence-corrected chi connectivity index (χ3v) is 1.06. The number of carbonyl (C=O) groups is 1. The number of allylic oxidation sites excluding steroid dienone is 1. The Kier molecular flexibility index (Phi) is 8.30. The molecule has 0 aliphatic heterocycles. The number of carbonyl (C=O) groups excluding carboxylic acids is 1. The molecule has 0 saturated heterocycles. The molecule has 0 aromatic carbocycles. The molecule has 2 nitrogen and oxygen atoms in total. The van der Waals surface area contributed by atoms with Crippen molar-refractivity contribution in [2.75, 3.05) is 0 Å². The van der Waals surface area contributed by atoms with Gasteiger partial charge in [-0.2, -0.15) is 0 Å². The molecule has 0 aromatic heterocycles. The number of rotatable bonds is 1. The minimum atomic E-state index is -0.196. The number of Topliss-reactive ketones (excluding diaryl/α,β-unsaturated/α-hetero) is 1. The molecule has 0 rings (SSSR count). The van der Waals surface area contributed by atoms with Crippen LogP contribution in [-0.2, 0) is 27.2 Å². The van der Waals surface area contributed by atoms with E-state index in [0.29, 0.717) is 0 Å². The molecule has 0 heterocycles. The third-order valence-electron chi connectivity index (χ3n) is 0.593. The van der Waals surface area contributed by atoms with Crippen molar-refractivity contribution in [1.82, 2.24) is 0 Å². The second-order valence-corrected chi connectivity index (χ2v) is 1.67. The summed E-state index contributed by atoms with van der Waals surface area (Å²) in [7, 11) is 0. The van der Waals surface area contributed by atoms with Gasteiger partial charge in [-0.3, -0.25) is 0 Å². The number of hydrogen-bond acceptors (Lipinski definition) is 1. The van der Waals surface area contributed by atoms with Crippen molar-refractivity contribution in [3.8, 4) is 0 Å². The monoisotopic (exact) mass is 371 g/mol. The topological polar surface area (TPSA) is 21.4 Å². The van der Waals surface area contributed by atoms with Crippen LogP contribution in [0.4, 0.5) is 0 Å². The molecule has 0 fully saturated rings.